The number of rotatable bonds is 3. The van der Waals surface area contributed by atoms with E-state index < -0.39 is 16.0 Å². The summed E-state index contributed by atoms with van der Waals surface area (Å²) in [6.07, 6.45) is 0. The summed E-state index contributed by atoms with van der Waals surface area (Å²) >= 11 is 0. The molecule has 0 radical (unpaired) electrons. The largest absolute Gasteiger partial charge is 0.384 e. The van der Waals surface area contributed by atoms with Crippen LogP contribution in [0.2, 0.25) is 0 Å². The molecule has 0 saturated heterocycles. The summed E-state index contributed by atoms with van der Waals surface area (Å²) in [6, 6.07) is 5.80. The van der Waals surface area contributed by atoms with Gasteiger partial charge in [-0.3, -0.25) is 5.41 Å². The Morgan fingerprint density at radius 2 is 1.80 bits per heavy atom. The van der Waals surface area contributed by atoms with Gasteiger partial charge in [0, 0.05) is 5.56 Å². The first-order chi connectivity index (χ1) is 6.38. The monoisotopic (exact) mass is 252 g/mol. The SMILES string of the molecule is Cl.N=C(N)c1ccc(CS(=O)(=O)F)cc1. The lowest BCUT2D eigenvalue weighted by Gasteiger charge is -1.99. The molecule has 0 atom stereocenters. The molecule has 0 heterocycles. The van der Waals surface area contributed by atoms with Gasteiger partial charge < -0.3 is 5.73 Å². The van der Waals surface area contributed by atoms with E-state index in [0.717, 1.165) is 0 Å². The second-order valence-electron chi connectivity index (χ2n) is 2.79. The van der Waals surface area contributed by atoms with Crippen molar-refractivity contribution < 1.29 is 12.3 Å². The molecule has 0 aromatic heterocycles. The lowest BCUT2D eigenvalue weighted by Crippen LogP contribution is -2.10. The maximum absolute atomic E-state index is 12.2. The topological polar surface area (TPSA) is 84.0 Å². The Morgan fingerprint density at radius 3 is 2.13 bits per heavy atom. The first kappa shape index (κ1) is 13.9. The Labute approximate surface area is 93.4 Å². The van der Waals surface area contributed by atoms with Crippen molar-refractivity contribution >= 4 is 28.5 Å². The van der Waals surface area contributed by atoms with Crippen LogP contribution >= 0.6 is 12.4 Å². The third-order valence-corrected chi connectivity index (χ3v) is 2.28. The Kier molecular flexibility index (Phi) is 4.70. The van der Waals surface area contributed by atoms with E-state index in [4.69, 9.17) is 11.1 Å². The van der Waals surface area contributed by atoms with Gasteiger partial charge in [-0.25, -0.2) is 0 Å². The first-order valence-corrected chi connectivity index (χ1v) is 5.29. The zero-order valence-electron chi connectivity index (χ0n) is 7.60. The van der Waals surface area contributed by atoms with Crippen LogP contribution in [0.25, 0.3) is 0 Å². The van der Waals surface area contributed by atoms with E-state index in [1.807, 2.05) is 0 Å². The highest BCUT2D eigenvalue weighted by Gasteiger charge is 2.08. The molecule has 0 saturated carbocycles. The smallest absolute Gasteiger partial charge is 0.306 e. The number of hydrogen-bond donors (Lipinski definition) is 2. The second kappa shape index (κ2) is 5.09. The van der Waals surface area contributed by atoms with Crippen LogP contribution in [0.3, 0.4) is 0 Å². The summed E-state index contributed by atoms with van der Waals surface area (Å²) in [4.78, 5) is 0. The van der Waals surface area contributed by atoms with Crippen molar-refractivity contribution in [3.05, 3.63) is 35.4 Å². The molecule has 7 heteroatoms. The molecule has 1 aromatic rings. The van der Waals surface area contributed by atoms with Gasteiger partial charge >= 0.3 is 10.2 Å². The van der Waals surface area contributed by atoms with Gasteiger partial charge in [0.25, 0.3) is 0 Å². The molecule has 0 aliphatic rings. The molecule has 0 unspecified atom stereocenters. The third kappa shape index (κ3) is 4.75. The fourth-order valence-electron chi connectivity index (χ4n) is 0.980. The zero-order valence-corrected chi connectivity index (χ0v) is 9.24. The van der Waals surface area contributed by atoms with Crippen molar-refractivity contribution in [3.8, 4) is 0 Å². The number of nitrogen functional groups attached to an aromatic ring is 1. The summed E-state index contributed by atoms with van der Waals surface area (Å²) in [5, 5.41) is 7.07. The van der Waals surface area contributed by atoms with Crippen molar-refractivity contribution in [1.82, 2.24) is 0 Å². The molecule has 3 N–H and O–H groups in total. The standard InChI is InChI=1S/C8H9FN2O2S.ClH/c9-14(12,13)5-6-1-3-7(4-2-6)8(10)11;/h1-4H,5H2,(H3,10,11);1H. The fraction of sp³-hybridized carbons (Fsp3) is 0.125. The molecule has 0 fully saturated rings. The number of amidine groups is 1. The highest BCUT2D eigenvalue weighted by molar-refractivity contribution is 7.85. The molecule has 0 bridgehead atoms. The summed E-state index contributed by atoms with van der Waals surface area (Å²) in [6.45, 7) is 0. The van der Waals surface area contributed by atoms with Crippen molar-refractivity contribution in [2.75, 3.05) is 0 Å². The predicted molar refractivity (Wildman–Crippen MR) is 58.4 cm³/mol. The molecule has 0 spiro atoms. The van der Waals surface area contributed by atoms with Crippen LogP contribution in [-0.2, 0) is 16.0 Å². The first-order valence-electron chi connectivity index (χ1n) is 3.74. The zero-order chi connectivity index (χ0) is 10.8. The highest BCUT2D eigenvalue weighted by Crippen LogP contribution is 2.08. The quantitative estimate of drug-likeness (QED) is 0.482. The van der Waals surface area contributed by atoms with Gasteiger partial charge in [-0.15, -0.1) is 16.3 Å². The van der Waals surface area contributed by atoms with Crippen LogP contribution in [-0.4, -0.2) is 14.3 Å². The highest BCUT2D eigenvalue weighted by atomic mass is 35.5. The number of hydrogen-bond acceptors (Lipinski definition) is 3. The molecule has 0 amide bonds. The molecule has 15 heavy (non-hydrogen) atoms. The minimum absolute atomic E-state index is 0. The summed E-state index contributed by atoms with van der Waals surface area (Å²) in [7, 11) is -4.50. The molecule has 1 aromatic carbocycles. The van der Waals surface area contributed by atoms with Gasteiger partial charge in [-0.05, 0) is 5.56 Å². The molecule has 84 valence electrons. The lowest BCUT2D eigenvalue weighted by molar-refractivity contribution is 0.551. The Morgan fingerprint density at radius 1 is 1.33 bits per heavy atom. The van der Waals surface area contributed by atoms with E-state index in [2.05, 4.69) is 0 Å². The van der Waals surface area contributed by atoms with Crippen molar-refractivity contribution in [1.29, 1.82) is 5.41 Å². The average molecular weight is 253 g/mol. The minimum Gasteiger partial charge on any atom is -0.384 e. The van der Waals surface area contributed by atoms with Gasteiger partial charge in [0.15, 0.2) is 0 Å². The van der Waals surface area contributed by atoms with Crippen LogP contribution in [0.4, 0.5) is 3.89 Å². The second-order valence-corrected chi connectivity index (χ2v) is 4.16. The molecule has 0 aliphatic carbocycles. The van der Waals surface area contributed by atoms with Crippen LogP contribution in [0.1, 0.15) is 11.1 Å². The van der Waals surface area contributed by atoms with E-state index in [9.17, 15) is 12.3 Å². The van der Waals surface area contributed by atoms with Crippen LogP contribution < -0.4 is 5.73 Å². The Balaban J connectivity index is 0.00000196. The minimum atomic E-state index is -4.50. The third-order valence-electron chi connectivity index (χ3n) is 1.60. The summed E-state index contributed by atoms with van der Waals surface area (Å²) in [5.74, 6) is -0.759. The molecular formula is C8H10ClFN2O2S. The number of benzene rings is 1. The summed E-state index contributed by atoms with van der Waals surface area (Å²) in [5.41, 5.74) is 5.99. The molecule has 4 nitrogen and oxygen atoms in total. The van der Waals surface area contributed by atoms with Crippen molar-refractivity contribution in [2.24, 2.45) is 5.73 Å². The van der Waals surface area contributed by atoms with E-state index >= 15 is 0 Å². The van der Waals surface area contributed by atoms with Crippen LogP contribution in [0, 0.1) is 5.41 Å². The maximum Gasteiger partial charge on any atom is 0.306 e. The van der Waals surface area contributed by atoms with Crippen LogP contribution in [0.5, 0.6) is 0 Å². The Hall–Kier alpha value is -1.14. The predicted octanol–water partition coefficient (Wildman–Crippen LogP) is 1.19. The average Bonchev–Trinajstić information content (AvgIpc) is 2.02. The van der Waals surface area contributed by atoms with E-state index in [1.165, 1.54) is 24.3 Å². The number of halogens is 2. The maximum atomic E-state index is 12.2. The number of nitrogens with one attached hydrogen (secondary N) is 1. The van der Waals surface area contributed by atoms with Crippen LogP contribution in [0.15, 0.2) is 24.3 Å². The van der Waals surface area contributed by atoms with E-state index in [-0.39, 0.29) is 18.2 Å². The van der Waals surface area contributed by atoms with Crippen molar-refractivity contribution in [3.63, 3.8) is 0 Å². The van der Waals surface area contributed by atoms with Gasteiger partial charge in [-0.1, -0.05) is 24.3 Å². The Bertz CT molecular complexity index is 444. The van der Waals surface area contributed by atoms with E-state index in [0.29, 0.717) is 11.1 Å². The van der Waals surface area contributed by atoms with Gasteiger partial charge in [0.1, 0.15) is 11.6 Å². The van der Waals surface area contributed by atoms with E-state index in [1.54, 1.807) is 0 Å². The normalized spacial score (nSPS) is 10.5. The molecular weight excluding hydrogens is 243 g/mol. The fourth-order valence-corrected chi connectivity index (χ4v) is 1.57. The molecule has 1 rings (SSSR count). The lowest BCUT2D eigenvalue weighted by atomic mass is 10.1. The molecule has 0 aliphatic heterocycles. The number of nitrogens with two attached hydrogens (primary N) is 1. The summed E-state index contributed by atoms with van der Waals surface area (Å²) < 4.78 is 32.8. The van der Waals surface area contributed by atoms with Gasteiger partial charge in [-0.2, -0.15) is 8.42 Å². The van der Waals surface area contributed by atoms with Gasteiger partial charge in [0.2, 0.25) is 0 Å². The van der Waals surface area contributed by atoms with Crippen molar-refractivity contribution in [2.45, 2.75) is 5.75 Å². The van der Waals surface area contributed by atoms with Gasteiger partial charge in [0.05, 0.1) is 0 Å².